The number of rotatable bonds is 2. The zero-order valence-corrected chi connectivity index (χ0v) is 11.9. The standard InChI is InChI=1S/C15H21FN4O/c16-11-3-1-10(2-4-11)14-13(9-18-19-14)15(21)20-7-5-12(17)6-8-20/h1-4,12-14,18-19H,5-9,17H2. The molecular weight excluding hydrogens is 271 g/mol. The summed E-state index contributed by atoms with van der Waals surface area (Å²) >= 11 is 0. The van der Waals surface area contributed by atoms with E-state index >= 15 is 0 Å². The SMILES string of the molecule is NC1CCN(C(=O)C2CNNC2c2ccc(F)cc2)CC1. The van der Waals surface area contributed by atoms with Crippen molar-refractivity contribution < 1.29 is 9.18 Å². The predicted molar refractivity (Wildman–Crippen MR) is 77.6 cm³/mol. The van der Waals surface area contributed by atoms with Gasteiger partial charge < -0.3 is 10.6 Å². The highest BCUT2D eigenvalue weighted by molar-refractivity contribution is 5.80. The van der Waals surface area contributed by atoms with E-state index < -0.39 is 0 Å². The number of hydrogen-bond acceptors (Lipinski definition) is 4. The molecule has 5 nitrogen and oxygen atoms in total. The highest BCUT2D eigenvalue weighted by Gasteiger charge is 2.37. The van der Waals surface area contributed by atoms with Gasteiger partial charge in [-0.3, -0.25) is 10.2 Å². The molecule has 1 aromatic carbocycles. The molecule has 0 radical (unpaired) electrons. The fourth-order valence-electron chi connectivity index (χ4n) is 3.07. The van der Waals surface area contributed by atoms with Crippen LogP contribution < -0.4 is 16.6 Å². The van der Waals surface area contributed by atoms with Crippen LogP contribution in [-0.4, -0.2) is 36.5 Å². The average molecular weight is 292 g/mol. The van der Waals surface area contributed by atoms with Crippen molar-refractivity contribution in [1.82, 2.24) is 15.8 Å². The van der Waals surface area contributed by atoms with Gasteiger partial charge in [-0.2, -0.15) is 0 Å². The van der Waals surface area contributed by atoms with E-state index in [9.17, 15) is 9.18 Å². The van der Waals surface area contributed by atoms with Crippen LogP contribution in [-0.2, 0) is 4.79 Å². The first-order valence-corrected chi connectivity index (χ1v) is 7.43. The molecular formula is C15H21FN4O. The van der Waals surface area contributed by atoms with Crippen molar-refractivity contribution in [3.63, 3.8) is 0 Å². The van der Waals surface area contributed by atoms with Crippen LogP contribution in [0.2, 0.25) is 0 Å². The largest absolute Gasteiger partial charge is 0.342 e. The van der Waals surface area contributed by atoms with Gasteiger partial charge in [0.25, 0.3) is 0 Å². The van der Waals surface area contributed by atoms with E-state index in [2.05, 4.69) is 10.9 Å². The van der Waals surface area contributed by atoms with Crippen molar-refractivity contribution in [2.24, 2.45) is 11.7 Å². The molecule has 2 saturated heterocycles. The summed E-state index contributed by atoms with van der Waals surface area (Å²) in [5, 5.41) is 0. The van der Waals surface area contributed by atoms with Crippen molar-refractivity contribution in [2.75, 3.05) is 19.6 Å². The smallest absolute Gasteiger partial charge is 0.229 e. The summed E-state index contributed by atoms with van der Waals surface area (Å²) in [6.45, 7) is 2.04. The van der Waals surface area contributed by atoms with Crippen molar-refractivity contribution in [3.05, 3.63) is 35.6 Å². The molecule has 114 valence electrons. The minimum Gasteiger partial charge on any atom is -0.342 e. The maximum atomic E-state index is 13.0. The number of amides is 1. The first-order valence-electron chi connectivity index (χ1n) is 7.43. The number of nitrogens with zero attached hydrogens (tertiary/aromatic N) is 1. The number of nitrogens with two attached hydrogens (primary N) is 1. The van der Waals surface area contributed by atoms with Gasteiger partial charge >= 0.3 is 0 Å². The number of carbonyl (C=O) groups is 1. The van der Waals surface area contributed by atoms with Gasteiger partial charge in [0.15, 0.2) is 0 Å². The van der Waals surface area contributed by atoms with Gasteiger partial charge in [0.2, 0.25) is 5.91 Å². The number of halogens is 1. The Balaban J connectivity index is 1.71. The Hall–Kier alpha value is -1.50. The predicted octanol–water partition coefficient (Wildman–Crippen LogP) is 0.540. The molecule has 2 unspecified atom stereocenters. The summed E-state index contributed by atoms with van der Waals surface area (Å²) in [7, 11) is 0. The molecule has 2 fully saturated rings. The van der Waals surface area contributed by atoms with Crippen LogP contribution in [0.4, 0.5) is 4.39 Å². The Morgan fingerprint density at radius 1 is 1.24 bits per heavy atom. The summed E-state index contributed by atoms with van der Waals surface area (Å²) in [6.07, 6.45) is 1.72. The van der Waals surface area contributed by atoms with E-state index in [1.54, 1.807) is 12.1 Å². The Bertz CT molecular complexity index is 499. The molecule has 2 aliphatic rings. The number of hydrazine groups is 1. The summed E-state index contributed by atoms with van der Waals surface area (Å²) in [5.74, 6) is -0.281. The van der Waals surface area contributed by atoms with Gasteiger partial charge in [0.05, 0.1) is 12.0 Å². The van der Waals surface area contributed by atoms with Crippen molar-refractivity contribution in [3.8, 4) is 0 Å². The van der Waals surface area contributed by atoms with E-state index in [1.807, 2.05) is 4.90 Å². The van der Waals surface area contributed by atoms with Crippen LogP contribution in [0.15, 0.2) is 24.3 Å². The quantitative estimate of drug-likeness (QED) is 0.744. The first kappa shape index (κ1) is 14.4. The second-order valence-electron chi connectivity index (χ2n) is 5.82. The number of nitrogens with one attached hydrogen (secondary N) is 2. The Morgan fingerprint density at radius 2 is 1.90 bits per heavy atom. The van der Waals surface area contributed by atoms with Crippen LogP contribution in [0.25, 0.3) is 0 Å². The van der Waals surface area contributed by atoms with E-state index in [0.717, 1.165) is 31.5 Å². The van der Waals surface area contributed by atoms with Gasteiger partial charge in [-0.1, -0.05) is 12.1 Å². The lowest BCUT2D eigenvalue weighted by Crippen LogP contribution is -2.46. The topological polar surface area (TPSA) is 70.4 Å². The van der Waals surface area contributed by atoms with E-state index in [0.29, 0.717) is 6.54 Å². The summed E-state index contributed by atoms with van der Waals surface area (Å²) < 4.78 is 13.0. The number of piperidine rings is 1. The molecule has 2 heterocycles. The molecule has 0 saturated carbocycles. The summed E-state index contributed by atoms with van der Waals surface area (Å²) in [5.41, 5.74) is 13.0. The molecule has 3 rings (SSSR count). The lowest BCUT2D eigenvalue weighted by molar-refractivity contribution is -0.136. The zero-order valence-electron chi connectivity index (χ0n) is 11.9. The molecule has 6 heteroatoms. The summed E-state index contributed by atoms with van der Waals surface area (Å²) in [6, 6.07) is 6.40. The van der Waals surface area contributed by atoms with Crippen molar-refractivity contribution >= 4 is 5.91 Å². The van der Waals surface area contributed by atoms with Crippen LogP contribution in [0.3, 0.4) is 0 Å². The monoisotopic (exact) mass is 292 g/mol. The van der Waals surface area contributed by atoms with Crippen LogP contribution >= 0.6 is 0 Å². The van der Waals surface area contributed by atoms with E-state index in [-0.39, 0.29) is 29.7 Å². The van der Waals surface area contributed by atoms with Gasteiger partial charge in [-0.25, -0.2) is 9.82 Å². The maximum absolute atomic E-state index is 13.0. The number of benzene rings is 1. The molecule has 1 amide bonds. The molecule has 0 aliphatic carbocycles. The van der Waals surface area contributed by atoms with Crippen LogP contribution in [0.1, 0.15) is 24.4 Å². The molecule has 0 bridgehead atoms. The highest BCUT2D eigenvalue weighted by atomic mass is 19.1. The fourth-order valence-corrected chi connectivity index (χ4v) is 3.07. The average Bonchev–Trinajstić information content (AvgIpc) is 2.97. The molecule has 2 atom stereocenters. The second kappa shape index (κ2) is 6.09. The Morgan fingerprint density at radius 3 is 2.57 bits per heavy atom. The third kappa shape index (κ3) is 3.07. The third-order valence-electron chi connectivity index (χ3n) is 4.38. The van der Waals surface area contributed by atoms with Crippen molar-refractivity contribution in [2.45, 2.75) is 24.9 Å². The maximum Gasteiger partial charge on any atom is 0.229 e. The minimum absolute atomic E-state index is 0.117. The number of hydrogen-bond donors (Lipinski definition) is 3. The van der Waals surface area contributed by atoms with Gasteiger partial charge in [-0.05, 0) is 30.5 Å². The lowest BCUT2D eigenvalue weighted by Gasteiger charge is -2.33. The normalized spacial score (nSPS) is 27.0. The Labute approximate surface area is 123 Å². The Kier molecular flexibility index (Phi) is 4.19. The van der Waals surface area contributed by atoms with Crippen LogP contribution in [0, 0.1) is 11.7 Å². The molecule has 4 N–H and O–H groups in total. The van der Waals surface area contributed by atoms with E-state index in [4.69, 9.17) is 5.73 Å². The van der Waals surface area contributed by atoms with Crippen LogP contribution in [0.5, 0.6) is 0 Å². The highest BCUT2D eigenvalue weighted by Crippen LogP contribution is 2.27. The van der Waals surface area contributed by atoms with E-state index in [1.165, 1.54) is 12.1 Å². The third-order valence-corrected chi connectivity index (χ3v) is 4.38. The summed E-state index contributed by atoms with van der Waals surface area (Å²) in [4.78, 5) is 14.6. The fraction of sp³-hybridized carbons (Fsp3) is 0.533. The minimum atomic E-state index is -0.266. The molecule has 0 spiro atoms. The number of likely N-dealkylation sites (tertiary alicyclic amines) is 1. The lowest BCUT2D eigenvalue weighted by atomic mass is 9.92. The van der Waals surface area contributed by atoms with Gasteiger partial charge in [0.1, 0.15) is 5.82 Å². The molecule has 0 aromatic heterocycles. The molecule has 2 aliphatic heterocycles. The van der Waals surface area contributed by atoms with Gasteiger partial charge in [-0.15, -0.1) is 0 Å². The number of carbonyl (C=O) groups excluding carboxylic acids is 1. The molecule has 21 heavy (non-hydrogen) atoms. The van der Waals surface area contributed by atoms with Gasteiger partial charge in [0, 0.05) is 25.7 Å². The first-order chi connectivity index (χ1) is 10.1. The second-order valence-corrected chi connectivity index (χ2v) is 5.82. The molecule has 1 aromatic rings. The zero-order chi connectivity index (χ0) is 14.8. The van der Waals surface area contributed by atoms with Crippen molar-refractivity contribution in [1.29, 1.82) is 0 Å².